The van der Waals surface area contributed by atoms with Gasteiger partial charge in [0.05, 0.1) is 0 Å². The van der Waals surface area contributed by atoms with Crippen LogP contribution in [0.2, 0.25) is 0 Å². The average molecular weight is 195 g/mol. The summed E-state index contributed by atoms with van der Waals surface area (Å²) < 4.78 is 0. The van der Waals surface area contributed by atoms with Crippen LogP contribution >= 0.6 is 23.2 Å². The Morgan fingerprint density at radius 1 is 1.55 bits per heavy atom. The van der Waals surface area contributed by atoms with Gasteiger partial charge in [-0.15, -0.1) is 11.6 Å². The minimum atomic E-state index is -0.340. The summed E-state index contributed by atoms with van der Waals surface area (Å²) in [5.74, 6) is 0.401. The molecule has 0 aromatic rings. The molecule has 0 aromatic carbocycles. The number of hydrogen-bond acceptors (Lipinski definition) is 1. The predicted molar refractivity (Wildman–Crippen MR) is 49.2 cm³/mol. The number of carbonyl (C=O) groups excluding carboxylic acids is 1. The van der Waals surface area contributed by atoms with E-state index >= 15 is 0 Å². The topological polar surface area (TPSA) is 17.1 Å². The molecule has 0 atom stereocenters. The smallest absolute Gasteiger partial charge is 0.225 e. The lowest BCUT2D eigenvalue weighted by Crippen LogP contribution is -1.92. The second kappa shape index (κ2) is 6.68. The van der Waals surface area contributed by atoms with Gasteiger partial charge >= 0.3 is 0 Å². The Hall–Kier alpha value is -0.0100. The highest BCUT2D eigenvalue weighted by atomic mass is 35.5. The molecule has 0 saturated heterocycles. The number of unbranched alkanes of at least 4 members (excludes halogenated alkanes) is 1. The summed E-state index contributed by atoms with van der Waals surface area (Å²) in [5, 5.41) is -0.340. The summed E-state index contributed by atoms with van der Waals surface area (Å²) in [7, 11) is 0. The van der Waals surface area contributed by atoms with E-state index in [1.165, 1.54) is 0 Å². The van der Waals surface area contributed by atoms with Crippen molar-refractivity contribution in [3.8, 4) is 0 Å². The lowest BCUT2D eigenvalue weighted by atomic mass is 10.2. The molecule has 0 aliphatic rings. The molecule has 0 spiro atoms. The molecule has 0 amide bonds. The predicted octanol–water partition coefficient (Wildman–Crippen LogP) is 3.11. The summed E-state index contributed by atoms with van der Waals surface area (Å²) in [4.78, 5) is 10.4. The average Bonchev–Trinajstić information content (AvgIpc) is 1.97. The van der Waals surface area contributed by atoms with Gasteiger partial charge in [-0.25, -0.2) is 0 Å². The minimum absolute atomic E-state index is 0.283. The normalized spacial score (nSPS) is 11.7. The first-order valence-corrected chi connectivity index (χ1v) is 4.54. The Labute approximate surface area is 77.4 Å². The van der Waals surface area contributed by atoms with Gasteiger partial charge in [0.25, 0.3) is 0 Å². The number of rotatable bonds is 5. The summed E-state index contributed by atoms with van der Waals surface area (Å²) in [5.41, 5.74) is 0.925. The summed E-state index contributed by atoms with van der Waals surface area (Å²) in [6.07, 6.45) is 4.29. The summed E-state index contributed by atoms with van der Waals surface area (Å²) in [6, 6.07) is 0. The Bertz CT molecular complexity index is 152. The molecule has 0 radical (unpaired) electrons. The van der Waals surface area contributed by atoms with Crippen molar-refractivity contribution in [3.05, 3.63) is 11.6 Å². The van der Waals surface area contributed by atoms with E-state index in [4.69, 9.17) is 23.2 Å². The third-order valence-corrected chi connectivity index (χ3v) is 1.74. The first-order valence-electron chi connectivity index (χ1n) is 3.63. The first-order chi connectivity index (χ1) is 5.20. The second-order valence-corrected chi connectivity index (χ2v) is 3.01. The third-order valence-electron chi connectivity index (χ3n) is 1.26. The molecular formula is C8H12Cl2O. The van der Waals surface area contributed by atoms with E-state index in [1.807, 2.05) is 6.08 Å². The fourth-order valence-electron chi connectivity index (χ4n) is 0.701. The molecule has 0 fully saturated rings. The van der Waals surface area contributed by atoms with Crippen molar-refractivity contribution in [1.29, 1.82) is 0 Å². The van der Waals surface area contributed by atoms with Crippen molar-refractivity contribution in [1.82, 2.24) is 0 Å². The highest BCUT2D eigenvalue weighted by Gasteiger charge is 2.00. The van der Waals surface area contributed by atoms with Crippen LogP contribution in [0, 0.1) is 0 Å². The van der Waals surface area contributed by atoms with Crippen LogP contribution in [0.4, 0.5) is 0 Å². The summed E-state index contributed by atoms with van der Waals surface area (Å²) in [6.45, 7) is 2.07. The van der Waals surface area contributed by atoms with E-state index in [2.05, 4.69) is 6.92 Å². The SMILES string of the molecule is CCCC=C(CCl)CC(=O)Cl. The highest BCUT2D eigenvalue weighted by Crippen LogP contribution is 2.08. The molecule has 0 rings (SSSR count). The van der Waals surface area contributed by atoms with Gasteiger partial charge in [0.1, 0.15) is 0 Å². The molecule has 1 nitrogen and oxygen atoms in total. The minimum Gasteiger partial charge on any atom is -0.281 e. The van der Waals surface area contributed by atoms with Crippen LogP contribution in [0.3, 0.4) is 0 Å². The zero-order valence-electron chi connectivity index (χ0n) is 6.57. The van der Waals surface area contributed by atoms with Crippen LogP contribution in [0.15, 0.2) is 11.6 Å². The third kappa shape index (κ3) is 6.39. The monoisotopic (exact) mass is 194 g/mol. The van der Waals surface area contributed by atoms with Gasteiger partial charge in [0, 0.05) is 12.3 Å². The fourth-order valence-corrected chi connectivity index (χ4v) is 1.08. The Balaban J connectivity index is 3.83. The van der Waals surface area contributed by atoms with E-state index < -0.39 is 0 Å². The molecule has 0 heterocycles. The molecule has 0 aliphatic carbocycles. The lowest BCUT2D eigenvalue weighted by molar-refractivity contribution is -0.111. The van der Waals surface area contributed by atoms with Crippen LogP contribution in [-0.2, 0) is 4.79 Å². The van der Waals surface area contributed by atoms with Gasteiger partial charge in [-0.3, -0.25) is 4.79 Å². The van der Waals surface area contributed by atoms with Gasteiger partial charge in [-0.2, -0.15) is 0 Å². The maximum Gasteiger partial charge on any atom is 0.225 e. The number of alkyl halides is 1. The largest absolute Gasteiger partial charge is 0.281 e. The number of allylic oxidation sites excluding steroid dienone is 2. The molecular weight excluding hydrogens is 183 g/mol. The number of hydrogen-bond donors (Lipinski definition) is 0. The van der Waals surface area contributed by atoms with E-state index in [-0.39, 0.29) is 11.7 Å². The first kappa shape index (κ1) is 11.0. The zero-order chi connectivity index (χ0) is 8.69. The number of halogens is 2. The van der Waals surface area contributed by atoms with Gasteiger partial charge < -0.3 is 0 Å². The van der Waals surface area contributed by atoms with E-state index in [0.717, 1.165) is 18.4 Å². The standard InChI is InChI=1S/C8H12Cl2O/c1-2-3-4-7(6-9)5-8(10)11/h4H,2-3,5-6H2,1H3. The van der Waals surface area contributed by atoms with E-state index in [9.17, 15) is 4.79 Å². The molecule has 0 aromatic heterocycles. The summed E-state index contributed by atoms with van der Waals surface area (Å²) >= 11 is 10.8. The van der Waals surface area contributed by atoms with Gasteiger partial charge in [-0.05, 0) is 18.0 Å². The van der Waals surface area contributed by atoms with E-state index in [0.29, 0.717) is 5.88 Å². The molecule has 3 heteroatoms. The van der Waals surface area contributed by atoms with Crippen LogP contribution in [0.1, 0.15) is 26.2 Å². The van der Waals surface area contributed by atoms with Crippen LogP contribution in [0.25, 0.3) is 0 Å². The van der Waals surface area contributed by atoms with Crippen molar-refractivity contribution in [3.63, 3.8) is 0 Å². The fraction of sp³-hybridized carbons (Fsp3) is 0.625. The number of carbonyl (C=O) groups is 1. The molecule has 11 heavy (non-hydrogen) atoms. The van der Waals surface area contributed by atoms with E-state index in [1.54, 1.807) is 0 Å². The van der Waals surface area contributed by atoms with Gasteiger partial charge in [0.15, 0.2) is 0 Å². The molecule has 0 N–H and O–H groups in total. The molecule has 0 aliphatic heterocycles. The van der Waals surface area contributed by atoms with Crippen molar-refractivity contribution in [2.45, 2.75) is 26.2 Å². The molecule has 0 unspecified atom stereocenters. The van der Waals surface area contributed by atoms with Crippen LogP contribution in [-0.4, -0.2) is 11.1 Å². The van der Waals surface area contributed by atoms with Crippen molar-refractivity contribution < 1.29 is 4.79 Å². The van der Waals surface area contributed by atoms with Gasteiger partial charge in [-0.1, -0.05) is 25.0 Å². The Morgan fingerprint density at radius 2 is 2.18 bits per heavy atom. The molecule has 0 bridgehead atoms. The van der Waals surface area contributed by atoms with Crippen molar-refractivity contribution in [2.24, 2.45) is 0 Å². The second-order valence-electron chi connectivity index (χ2n) is 2.32. The van der Waals surface area contributed by atoms with Crippen molar-refractivity contribution in [2.75, 3.05) is 5.88 Å². The van der Waals surface area contributed by atoms with Crippen LogP contribution < -0.4 is 0 Å². The Kier molecular flexibility index (Phi) is 6.68. The zero-order valence-corrected chi connectivity index (χ0v) is 8.08. The van der Waals surface area contributed by atoms with Crippen molar-refractivity contribution >= 4 is 28.4 Å². The quantitative estimate of drug-likeness (QED) is 0.374. The Morgan fingerprint density at radius 3 is 2.55 bits per heavy atom. The molecule has 64 valence electrons. The highest BCUT2D eigenvalue weighted by molar-refractivity contribution is 6.63. The maximum absolute atomic E-state index is 10.4. The maximum atomic E-state index is 10.4. The molecule has 0 saturated carbocycles. The van der Waals surface area contributed by atoms with Gasteiger partial charge in [0.2, 0.25) is 5.24 Å². The lowest BCUT2D eigenvalue weighted by Gasteiger charge is -1.97. The van der Waals surface area contributed by atoms with Crippen LogP contribution in [0.5, 0.6) is 0 Å².